The van der Waals surface area contributed by atoms with E-state index in [4.69, 9.17) is 0 Å². The summed E-state index contributed by atoms with van der Waals surface area (Å²) in [5.74, 6) is 0.0699. The van der Waals surface area contributed by atoms with Gasteiger partial charge in [0.25, 0.3) is 0 Å². The monoisotopic (exact) mass is 283 g/mol. The van der Waals surface area contributed by atoms with Gasteiger partial charge in [-0.25, -0.2) is 0 Å². The quantitative estimate of drug-likeness (QED) is 0.766. The first kappa shape index (κ1) is 15.2. The number of pyridine rings is 1. The Morgan fingerprint density at radius 3 is 2.62 bits per heavy atom. The van der Waals surface area contributed by atoms with Crippen molar-refractivity contribution in [3.05, 3.63) is 65.5 Å². The van der Waals surface area contributed by atoms with Gasteiger partial charge >= 0.3 is 0 Å². The molecule has 0 unspecified atom stereocenters. The van der Waals surface area contributed by atoms with Gasteiger partial charge in [0.05, 0.1) is 0 Å². The van der Waals surface area contributed by atoms with Gasteiger partial charge in [0.1, 0.15) is 0 Å². The fourth-order valence-electron chi connectivity index (χ4n) is 2.03. The maximum atomic E-state index is 11.8. The Morgan fingerprint density at radius 1 is 1.10 bits per heavy atom. The predicted molar refractivity (Wildman–Crippen MR) is 83.6 cm³/mol. The zero-order chi connectivity index (χ0) is 14.9. The van der Waals surface area contributed by atoms with Gasteiger partial charge in [-0.05, 0) is 35.7 Å². The van der Waals surface area contributed by atoms with Crippen LogP contribution in [0.25, 0.3) is 0 Å². The second-order valence-corrected chi connectivity index (χ2v) is 4.99. The van der Waals surface area contributed by atoms with E-state index >= 15 is 0 Å². The summed E-state index contributed by atoms with van der Waals surface area (Å²) in [7, 11) is 0. The average molecular weight is 283 g/mol. The van der Waals surface area contributed by atoms with Crippen molar-refractivity contribution in [2.24, 2.45) is 0 Å². The molecule has 1 heterocycles. The van der Waals surface area contributed by atoms with Crippen LogP contribution in [0, 0.1) is 6.92 Å². The smallest absolute Gasteiger partial charge is 0.221 e. The van der Waals surface area contributed by atoms with Crippen LogP contribution >= 0.6 is 0 Å². The lowest BCUT2D eigenvalue weighted by Crippen LogP contribution is -2.27. The van der Waals surface area contributed by atoms with Gasteiger partial charge in [-0.3, -0.25) is 9.78 Å². The molecule has 1 aromatic heterocycles. The van der Waals surface area contributed by atoms with Crippen molar-refractivity contribution in [1.82, 2.24) is 15.6 Å². The van der Waals surface area contributed by atoms with Crippen molar-refractivity contribution >= 4 is 5.91 Å². The van der Waals surface area contributed by atoms with E-state index in [1.54, 1.807) is 12.4 Å². The first-order valence-electron chi connectivity index (χ1n) is 7.16. The van der Waals surface area contributed by atoms with Crippen molar-refractivity contribution in [2.45, 2.75) is 26.4 Å². The number of hydrogen-bond donors (Lipinski definition) is 2. The summed E-state index contributed by atoms with van der Waals surface area (Å²) in [4.78, 5) is 15.7. The van der Waals surface area contributed by atoms with Crippen LogP contribution in [0.4, 0.5) is 0 Å². The number of benzene rings is 1. The maximum Gasteiger partial charge on any atom is 0.221 e. The minimum Gasteiger partial charge on any atom is -0.352 e. The Balaban J connectivity index is 1.63. The molecule has 0 atom stereocenters. The normalized spacial score (nSPS) is 10.3. The minimum absolute atomic E-state index is 0.0699. The summed E-state index contributed by atoms with van der Waals surface area (Å²) in [5, 5.41) is 6.20. The largest absolute Gasteiger partial charge is 0.352 e. The molecule has 1 aromatic carbocycles. The molecule has 4 heteroatoms. The maximum absolute atomic E-state index is 11.8. The van der Waals surface area contributed by atoms with Crippen molar-refractivity contribution < 1.29 is 4.79 Å². The van der Waals surface area contributed by atoms with Crippen LogP contribution in [-0.4, -0.2) is 17.4 Å². The van der Waals surface area contributed by atoms with E-state index in [1.165, 1.54) is 11.1 Å². The standard InChI is InChI=1S/C17H21N3O/c1-14-4-2-3-5-16(14)13-20-17(21)8-11-19-12-15-6-9-18-10-7-15/h2-7,9-10,19H,8,11-13H2,1H3,(H,20,21). The number of hydrogen-bond acceptors (Lipinski definition) is 3. The number of aryl methyl sites for hydroxylation is 1. The van der Waals surface area contributed by atoms with Crippen LogP contribution in [0.1, 0.15) is 23.1 Å². The van der Waals surface area contributed by atoms with Crippen LogP contribution in [0.15, 0.2) is 48.8 Å². The SMILES string of the molecule is Cc1ccccc1CNC(=O)CCNCc1ccncc1. The number of amides is 1. The molecule has 21 heavy (non-hydrogen) atoms. The van der Waals surface area contributed by atoms with E-state index in [2.05, 4.69) is 28.6 Å². The van der Waals surface area contributed by atoms with E-state index in [0.717, 1.165) is 12.1 Å². The van der Waals surface area contributed by atoms with Crippen LogP contribution in [-0.2, 0) is 17.9 Å². The van der Waals surface area contributed by atoms with E-state index in [-0.39, 0.29) is 5.91 Å². The highest BCUT2D eigenvalue weighted by Crippen LogP contribution is 2.06. The third-order valence-electron chi connectivity index (χ3n) is 3.34. The molecule has 110 valence electrons. The first-order chi connectivity index (χ1) is 10.3. The van der Waals surface area contributed by atoms with E-state index in [0.29, 0.717) is 19.5 Å². The summed E-state index contributed by atoms with van der Waals surface area (Å²) < 4.78 is 0. The third-order valence-corrected chi connectivity index (χ3v) is 3.34. The molecular formula is C17H21N3O. The molecule has 2 rings (SSSR count). The molecule has 0 saturated heterocycles. The Kier molecular flexibility index (Phi) is 5.91. The number of carbonyl (C=O) groups excluding carboxylic acids is 1. The lowest BCUT2D eigenvalue weighted by Gasteiger charge is -2.08. The average Bonchev–Trinajstić information content (AvgIpc) is 2.52. The minimum atomic E-state index is 0.0699. The number of nitrogens with one attached hydrogen (secondary N) is 2. The number of nitrogens with zero attached hydrogens (tertiary/aromatic N) is 1. The van der Waals surface area contributed by atoms with Crippen molar-refractivity contribution in [3.8, 4) is 0 Å². The number of rotatable bonds is 7. The van der Waals surface area contributed by atoms with Crippen LogP contribution in [0.2, 0.25) is 0 Å². The predicted octanol–water partition coefficient (Wildman–Crippen LogP) is 2.19. The van der Waals surface area contributed by atoms with Crippen LogP contribution in [0.5, 0.6) is 0 Å². The lowest BCUT2D eigenvalue weighted by atomic mass is 10.1. The molecule has 0 spiro atoms. The van der Waals surface area contributed by atoms with Crippen LogP contribution < -0.4 is 10.6 Å². The molecule has 0 saturated carbocycles. The highest BCUT2D eigenvalue weighted by molar-refractivity contribution is 5.76. The molecule has 4 nitrogen and oxygen atoms in total. The van der Waals surface area contributed by atoms with Gasteiger partial charge in [-0.2, -0.15) is 0 Å². The van der Waals surface area contributed by atoms with Gasteiger partial charge in [0.2, 0.25) is 5.91 Å². The second kappa shape index (κ2) is 8.17. The topological polar surface area (TPSA) is 54.0 Å². The summed E-state index contributed by atoms with van der Waals surface area (Å²) in [6.45, 7) is 4.07. The van der Waals surface area contributed by atoms with Gasteiger partial charge in [0.15, 0.2) is 0 Å². The summed E-state index contributed by atoms with van der Waals surface area (Å²) in [5.41, 5.74) is 3.54. The highest BCUT2D eigenvalue weighted by Gasteiger charge is 2.02. The Labute approximate surface area is 125 Å². The molecular weight excluding hydrogens is 262 g/mol. The zero-order valence-corrected chi connectivity index (χ0v) is 12.3. The molecule has 0 fully saturated rings. The van der Waals surface area contributed by atoms with E-state index in [9.17, 15) is 4.79 Å². The zero-order valence-electron chi connectivity index (χ0n) is 12.3. The third kappa shape index (κ3) is 5.36. The fourth-order valence-corrected chi connectivity index (χ4v) is 2.03. The van der Waals surface area contributed by atoms with Gasteiger partial charge in [-0.1, -0.05) is 24.3 Å². The van der Waals surface area contributed by atoms with Gasteiger partial charge in [0, 0.05) is 38.4 Å². The molecule has 0 aliphatic rings. The highest BCUT2D eigenvalue weighted by atomic mass is 16.1. The number of carbonyl (C=O) groups is 1. The number of aromatic nitrogens is 1. The van der Waals surface area contributed by atoms with Gasteiger partial charge in [-0.15, -0.1) is 0 Å². The van der Waals surface area contributed by atoms with Crippen molar-refractivity contribution in [1.29, 1.82) is 0 Å². The van der Waals surface area contributed by atoms with Crippen LogP contribution in [0.3, 0.4) is 0 Å². The van der Waals surface area contributed by atoms with Crippen molar-refractivity contribution in [2.75, 3.05) is 6.54 Å². The molecule has 0 aliphatic carbocycles. The Hall–Kier alpha value is -2.20. The summed E-state index contributed by atoms with van der Waals surface area (Å²) >= 11 is 0. The summed E-state index contributed by atoms with van der Waals surface area (Å²) in [6.07, 6.45) is 4.02. The first-order valence-corrected chi connectivity index (χ1v) is 7.16. The molecule has 1 amide bonds. The Morgan fingerprint density at radius 2 is 1.86 bits per heavy atom. The fraction of sp³-hybridized carbons (Fsp3) is 0.294. The van der Waals surface area contributed by atoms with Gasteiger partial charge < -0.3 is 10.6 Å². The van der Waals surface area contributed by atoms with E-state index < -0.39 is 0 Å². The van der Waals surface area contributed by atoms with E-state index in [1.807, 2.05) is 30.3 Å². The van der Waals surface area contributed by atoms with Crippen molar-refractivity contribution in [3.63, 3.8) is 0 Å². The second-order valence-electron chi connectivity index (χ2n) is 4.99. The summed E-state index contributed by atoms with van der Waals surface area (Å²) in [6, 6.07) is 12.0. The molecule has 2 N–H and O–H groups in total. The lowest BCUT2D eigenvalue weighted by molar-refractivity contribution is -0.121. The Bertz CT molecular complexity index is 569. The molecule has 0 aliphatic heterocycles. The molecule has 0 bridgehead atoms. The molecule has 2 aromatic rings. The molecule has 0 radical (unpaired) electrons.